The largest absolute Gasteiger partial charge is 0.393 e. The topological polar surface area (TPSA) is 55.8 Å². The van der Waals surface area contributed by atoms with Crippen LogP contribution in [0.25, 0.3) is 0 Å². The number of carbonyl (C=O) groups is 1. The molecule has 0 radical (unpaired) electrons. The molecule has 0 aromatic heterocycles. The molecule has 0 spiro atoms. The summed E-state index contributed by atoms with van der Waals surface area (Å²) < 4.78 is 27.9. The zero-order chi connectivity index (χ0) is 21.9. The molecular formula is C24H36BrFO4. The molecule has 10 unspecified atom stereocenters. The second-order valence-electron chi connectivity index (χ2n) is 11.8. The fourth-order valence-corrected chi connectivity index (χ4v) is 9.97. The van der Waals surface area contributed by atoms with Crippen LogP contribution in [0.1, 0.15) is 79.6 Å². The number of Topliss-reactive ketones (excluding diaryl/α,β-unsaturated/α-hetero) is 1. The van der Waals surface area contributed by atoms with Crippen LogP contribution in [0.3, 0.4) is 0 Å². The summed E-state index contributed by atoms with van der Waals surface area (Å²) in [6, 6.07) is 0. The summed E-state index contributed by atoms with van der Waals surface area (Å²) in [4.78, 5) is 13.1. The van der Waals surface area contributed by atoms with E-state index in [2.05, 4.69) is 29.8 Å². The molecule has 0 bridgehead atoms. The van der Waals surface area contributed by atoms with Crippen molar-refractivity contribution in [2.45, 2.75) is 114 Å². The van der Waals surface area contributed by atoms with Crippen molar-refractivity contribution in [1.29, 1.82) is 0 Å². The first-order valence-corrected chi connectivity index (χ1v) is 12.5. The number of hydrogen-bond acceptors (Lipinski definition) is 4. The Labute approximate surface area is 187 Å². The van der Waals surface area contributed by atoms with Gasteiger partial charge in [-0.2, -0.15) is 0 Å². The van der Waals surface area contributed by atoms with Gasteiger partial charge in [-0.25, -0.2) is 4.39 Å². The molecule has 0 aromatic rings. The first-order valence-electron chi connectivity index (χ1n) is 11.7. The minimum Gasteiger partial charge on any atom is -0.393 e. The lowest BCUT2D eigenvalue weighted by molar-refractivity contribution is -0.220. The van der Waals surface area contributed by atoms with Crippen molar-refractivity contribution >= 4 is 21.7 Å². The molecule has 4 saturated carbocycles. The van der Waals surface area contributed by atoms with Crippen LogP contribution in [0.15, 0.2) is 0 Å². The number of rotatable bonds is 1. The molecule has 5 rings (SSSR count). The molecule has 0 amide bonds. The summed E-state index contributed by atoms with van der Waals surface area (Å²) in [5.41, 5.74) is -1.46. The summed E-state index contributed by atoms with van der Waals surface area (Å²) in [6.45, 7) is 9.88. The van der Waals surface area contributed by atoms with E-state index in [0.717, 1.165) is 32.1 Å². The fourth-order valence-electron chi connectivity index (χ4n) is 8.91. The van der Waals surface area contributed by atoms with Gasteiger partial charge >= 0.3 is 0 Å². The van der Waals surface area contributed by atoms with E-state index >= 15 is 4.39 Å². The molecule has 1 aliphatic heterocycles. The van der Waals surface area contributed by atoms with Crippen LogP contribution in [-0.4, -0.2) is 45.0 Å². The normalized spacial score (nSPS) is 59.1. The quantitative estimate of drug-likeness (QED) is 0.533. The zero-order valence-corrected chi connectivity index (χ0v) is 20.4. The van der Waals surface area contributed by atoms with E-state index in [1.165, 1.54) is 0 Å². The molecule has 1 N–H and O–H groups in total. The highest BCUT2D eigenvalue weighted by molar-refractivity contribution is 9.10. The van der Waals surface area contributed by atoms with Crippen LogP contribution in [-0.2, 0) is 14.3 Å². The smallest absolute Gasteiger partial charge is 0.164 e. The number of aliphatic hydroxyl groups excluding tert-OH is 1. The first kappa shape index (κ1) is 21.8. The third-order valence-electron chi connectivity index (χ3n) is 10.2. The number of fused-ring (bicyclic) bond motifs is 7. The molecular weight excluding hydrogens is 451 g/mol. The van der Waals surface area contributed by atoms with Gasteiger partial charge in [0.25, 0.3) is 0 Å². The molecule has 170 valence electrons. The van der Waals surface area contributed by atoms with Gasteiger partial charge in [0.1, 0.15) is 6.17 Å². The van der Waals surface area contributed by atoms with Crippen LogP contribution < -0.4 is 0 Å². The van der Waals surface area contributed by atoms with Gasteiger partial charge in [0.2, 0.25) is 0 Å². The maximum absolute atomic E-state index is 15.9. The Bertz CT molecular complexity index is 774. The SMILES string of the molecule is CC(=O)C12OC(C)(C)OC1CC1C3CC(F)C4(Br)CC(O)CCC4(C)C3CCC12C. The fraction of sp³-hybridized carbons (Fsp3) is 0.958. The monoisotopic (exact) mass is 486 g/mol. The van der Waals surface area contributed by atoms with E-state index in [4.69, 9.17) is 9.47 Å². The van der Waals surface area contributed by atoms with Gasteiger partial charge in [-0.3, -0.25) is 4.79 Å². The molecule has 0 aromatic carbocycles. The van der Waals surface area contributed by atoms with E-state index < -0.39 is 28.0 Å². The number of alkyl halides is 2. The number of halogens is 2. The number of aliphatic hydroxyl groups is 1. The van der Waals surface area contributed by atoms with Crippen molar-refractivity contribution in [2.75, 3.05) is 0 Å². The molecule has 30 heavy (non-hydrogen) atoms. The lowest BCUT2D eigenvalue weighted by Crippen LogP contribution is -2.66. The average molecular weight is 487 g/mol. The van der Waals surface area contributed by atoms with Crippen LogP contribution in [0.5, 0.6) is 0 Å². The highest BCUT2D eigenvalue weighted by atomic mass is 79.9. The Kier molecular flexibility index (Phi) is 4.57. The van der Waals surface area contributed by atoms with Crippen molar-refractivity contribution in [1.82, 2.24) is 0 Å². The summed E-state index contributed by atoms with van der Waals surface area (Å²) in [6.07, 6.45) is 3.48. The Morgan fingerprint density at radius 1 is 1.07 bits per heavy atom. The lowest BCUT2D eigenvalue weighted by Gasteiger charge is -2.65. The Morgan fingerprint density at radius 2 is 1.73 bits per heavy atom. The van der Waals surface area contributed by atoms with E-state index in [0.29, 0.717) is 18.8 Å². The second-order valence-corrected chi connectivity index (χ2v) is 13.3. The first-order chi connectivity index (χ1) is 13.8. The Balaban J connectivity index is 1.55. The number of ketones is 1. The van der Waals surface area contributed by atoms with Gasteiger partial charge in [0.15, 0.2) is 17.2 Å². The van der Waals surface area contributed by atoms with Crippen molar-refractivity contribution in [3.63, 3.8) is 0 Å². The summed E-state index contributed by atoms with van der Waals surface area (Å²) >= 11 is 3.84. The molecule has 4 nitrogen and oxygen atoms in total. The third-order valence-corrected chi connectivity index (χ3v) is 12.0. The van der Waals surface area contributed by atoms with Gasteiger partial charge in [-0.15, -0.1) is 0 Å². The molecule has 5 aliphatic rings. The van der Waals surface area contributed by atoms with E-state index in [9.17, 15) is 9.90 Å². The van der Waals surface area contributed by atoms with Crippen LogP contribution in [0.2, 0.25) is 0 Å². The van der Waals surface area contributed by atoms with Crippen molar-refractivity contribution in [2.24, 2.45) is 28.6 Å². The van der Waals surface area contributed by atoms with Crippen molar-refractivity contribution in [3.8, 4) is 0 Å². The maximum Gasteiger partial charge on any atom is 0.164 e. The average Bonchev–Trinajstić information content (AvgIpc) is 3.05. The lowest BCUT2D eigenvalue weighted by atomic mass is 9.43. The van der Waals surface area contributed by atoms with Crippen molar-refractivity contribution in [3.05, 3.63) is 0 Å². The van der Waals surface area contributed by atoms with Gasteiger partial charge in [-0.1, -0.05) is 29.8 Å². The zero-order valence-electron chi connectivity index (χ0n) is 18.8. The van der Waals surface area contributed by atoms with E-state index in [1.807, 2.05) is 13.8 Å². The standard InChI is InChI=1S/C24H36BrFO4/c1-13(27)24-19(29-20(2,3)30-24)11-17-15-10-18(26)23(25)12-14(28)6-8-21(23,4)16(15)7-9-22(17,24)5/h14-19,28H,6-12H2,1-5H3. The van der Waals surface area contributed by atoms with Crippen LogP contribution >= 0.6 is 15.9 Å². The number of hydrogen-bond donors (Lipinski definition) is 1. The number of ether oxygens (including phenoxy) is 2. The predicted octanol–water partition coefficient (Wildman–Crippen LogP) is 4.94. The molecule has 6 heteroatoms. The van der Waals surface area contributed by atoms with E-state index in [1.54, 1.807) is 6.92 Å². The maximum atomic E-state index is 15.9. The highest BCUT2D eigenvalue weighted by Crippen LogP contribution is 2.73. The van der Waals surface area contributed by atoms with Crippen molar-refractivity contribution < 1.29 is 23.8 Å². The van der Waals surface area contributed by atoms with Gasteiger partial charge in [0.05, 0.1) is 16.5 Å². The van der Waals surface area contributed by atoms with Gasteiger partial charge in [0, 0.05) is 5.41 Å². The highest BCUT2D eigenvalue weighted by Gasteiger charge is 2.76. The summed E-state index contributed by atoms with van der Waals surface area (Å²) in [5, 5.41) is 10.3. The van der Waals surface area contributed by atoms with Gasteiger partial charge < -0.3 is 14.6 Å². The Hall–Kier alpha value is -0.0400. The third kappa shape index (κ3) is 2.40. The minimum absolute atomic E-state index is 0.0518. The molecule has 10 atom stereocenters. The minimum atomic E-state index is -1.01. The summed E-state index contributed by atoms with van der Waals surface area (Å²) in [5.74, 6) is 0.0793. The molecule has 1 heterocycles. The molecule has 1 saturated heterocycles. The summed E-state index contributed by atoms with van der Waals surface area (Å²) in [7, 11) is 0. The van der Waals surface area contributed by atoms with Crippen LogP contribution in [0, 0.1) is 28.6 Å². The predicted molar refractivity (Wildman–Crippen MR) is 115 cm³/mol. The molecule has 4 aliphatic carbocycles. The number of carbonyl (C=O) groups excluding carboxylic acids is 1. The molecule has 5 fully saturated rings. The second kappa shape index (κ2) is 6.30. The van der Waals surface area contributed by atoms with E-state index in [-0.39, 0.29) is 34.6 Å². The van der Waals surface area contributed by atoms with Crippen LogP contribution in [0.4, 0.5) is 4.39 Å². The van der Waals surface area contributed by atoms with Gasteiger partial charge in [-0.05, 0) is 88.9 Å². The Morgan fingerprint density at radius 3 is 2.40 bits per heavy atom.